The lowest BCUT2D eigenvalue weighted by Crippen LogP contribution is -2.30. The van der Waals surface area contributed by atoms with Crippen molar-refractivity contribution in [1.82, 2.24) is 4.57 Å². The summed E-state index contributed by atoms with van der Waals surface area (Å²) in [5, 5.41) is 10.4. The Hall–Kier alpha value is -1.84. The van der Waals surface area contributed by atoms with E-state index in [0.717, 1.165) is 18.7 Å². The lowest BCUT2D eigenvalue weighted by atomic mass is 9.75. The number of carbonyl (C=O) groups is 1. The Morgan fingerprint density at radius 3 is 2.90 bits per heavy atom. The van der Waals surface area contributed by atoms with Crippen molar-refractivity contribution >= 4 is 11.5 Å². The predicted octanol–water partition coefficient (Wildman–Crippen LogP) is 2.88. The zero-order valence-electron chi connectivity index (χ0n) is 12.0. The van der Waals surface area contributed by atoms with Gasteiger partial charge in [0.2, 0.25) is 0 Å². The molecule has 0 fully saturated rings. The molecule has 1 aliphatic carbocycles. The Kier molecular flexibility index (Phi) is 3.04. The van der Waals surface area contributed by atoms with Gasteiger partial charge >= 0.3 is 0 Å². The second-order valence-electron chi connectivity index (χ2n) is 6.43. The summed E-state index contributed by atoms with van der Waals surface area (Å²) in [6.45, 7) is 5.62. The summed E-state index contributed by atoms with van der Waals surface area (Å²) in [5.41, 5.74) is 1.88. The molecule has 2 heterocycles. The van der Waals surface area contributed by atoms with Crippen molar-refractivity contribution in [3.63, 3.8) is 0 Å². The quantitative estimate of drug-likeness (QED) is 0.854. The minimum Gasteiger partial charge on any atom is -0.511 e. The number of hydrogen-bond donors (Lipinski definition) is 1. The highest BCUT2D eigenvalue weighted by Gasteiger charge is 2.36. The third-order valence-electron chi connectivity index (χ3n) is 3.99. The number of aliphatic imine (C=N–C) groups is 1. The van der Waals surface area contributed by atoms with E-state index in [0.29, 0.717) is 30.7 Å². The fraction of sp³-hybridized carbons (Fsp3) is 0.500. The van der Waals surface area contributed by atoms with Gasteiger partial charge in [0.05, 0.1) is 17.0 Å². The molecule has 1 aromatic rings. The zero-order chi connectivity index (χ0) is 14.3. The van der Waals surface area contributed by atoms with Gasteiger partial charge in [0, 0.05) is 32.1 Å². The molecule has 0 unspecified atom stereocenters. The van der Waals surface area contributed by atoms with Crippen LogP contribution in [0.3, 0.4) is 0 Å². The summed E-state index contributed by atoms with van der Waals surface area (Å²) in [7, 11) is 0. The highest BCUT2D eigenvalue weighted by Crippen LogP contribution is 2.37. The first-order chi connectivity index (χ1) is 9.48. The van der Waals surface area contributed by atoms with Crippen LogP contribution in [0.25, 0.3) is 0 Å². The number of hydrogen-bond acceptors (Lipinski definition) is 3. The molecule has 3 rings (SSSR count). The normalized spacial score (nSPS) is 22.3. The molecule has 0 saturated carbocycles. The molecule has 0 saturated heterocycles. The molecule has 0 bridgehead atoms. The number of Topliss-reactive ketones (excluding diaryl/α,β-unsaturated/α-hetero) is 1. The molecule has 1 aromatic heterocycles. The number of fused-ring (bicyclic) bond motifs is 1. The van der Waals surface area contributed by atoms with Crippen LogP contribution in [0.4, 0.5) is 0 Å². The molecule has 0 atom stereocenters. The van der Waals surface area contributed by atoms with E-state index in [1.807, 2.05) is 32.2 Å². The largest absolute Gasteiger partial charge is 0.511 e. The van der Waals surface area contributed by atoms with E-state index in [9.17, 15) is 9.90 Å². The van der Waals surface area contributed by atoms with E-state index in [2.05, 4.69) is 9.56 Å². The standard InChI is InChI=1S/C16H20N2O2/c1-16(2)9-12(19)14(13(20)10-16)15-11-5-3-7-18(11)8-4-6-17-15/h3,5,7,19H,4,6,8-10H2,1-2H3. The number of carbonyl (C=O) groups excluding carboxylic acids is 1. The number of aromatic nitrogens is 1. The highest BCUT2D eigenvalue weighted by molar-refractivity contribution is 6.29. The number of aliphatic hydroxyl groups excluding tert-OH is 1. The lowest BCUT2D eigenvalue weighted by molar-refractivity contribution is -0.117. The van der Waals surface area contributed by atoms with Gasteiger partial charge < -0.3 is 9.67 Å². The van der Waals surface area contributed by atoms with Gasteiger partial charge in [0.25, 0.3) is 0 Å². The lowest BCUT2D eigenvalue weighted by Gasteiger charge is -2.30. The molecule has 0 spiro atoms. The summed E-state index contributed by atoms with van der Waals surface area (Å²) in [4.78, 5) is 17.0. The van der Waals surface area contributed by atoms with Crippen LogP contribution >= 0.6 is 0 Å². The van der Waals surface area contributed by atoms with E-state index in [1.54, 1.807) is 0 Å². The third kappa shape index (κ3) is 2.19. The maximum Gasteiger partial charge on any atom is 0.169 e. The summed E-state index contributed by atoms with van der Waals surface area (Å²) in [6, 6.07) is 3.93. The number of aryl methyl sites for hydroxylation is 1. The number of ketones is 1. The van der Waals surface area contributed by atoms with E-state index >= 15 is 0 Å². The highest BCUT2D eigenvalue weighted by atomic mass is 16.3. The number of aliphatic hydroxyl groups is 1. The van der Waals surface area contributed by atoms with Gasteiger partial charge in [-0.3, -0.25) is 9.79 Å². The first-order valence-corrected chi connectivity index (χ1v) is 7.14. The number of nitrogens with zero attached hydrogens (tertiary/aromatic N) is 2. The van der Waals surface area contributed by atoms with Gasteiger partial charge in [-0.05, 0) is 24.0 Å². The van der Waals surface area contributed by atoms with Crippen molar-refractivity contribution < 1.29 is 9.90 Å². The summed E-state index contributed by atoms with van der Waals surface area (Å²) < 4.78 is 2.11. The smallest absolute Gasteiger partial charge is 0.169 e. The maximum absolute atomic E-state index is 12.5. The SMILES string of the molecule is CC1(C)CC(=O)C(C2=NCCCn3cccc32)=C(O)C1. The molecule has 0 radical (unpaired) electrons. The van der Waals surface area contributed by atoms with Gasteiger partial charge in [0.15, 0.2) is 5.78 Å². The van der Waals surface area contributed by atoms with Crippen LogP contribution < -0.4 is 0 Å². The van der Waals surface area contributed by atoms with Gasteiger partial charge in [-0.1, -0.05) is 13.8 Å². The van der Waals surface area contributed by atoms with Crippen LogP contribution in [-0.4, -0.2) is 27.7 Å². The summed E-state index contributed by atoms with van der Waals surface area (Å²) in [6.07, 6.45) is 3.96. The first kappa shape index (κ1) is 13.2. The van der Waals surface area contributed by atoms with Crippen LogP contribution in [0.15, 0.2) is 34.7 Å². The molecule has 20 heavy (non-hydrogen) atoms. The Bertz CT molecular complexity index is 620. The molecule has 0 amide bonds. The minimum absolute atomic E-state index is 0.00662. The van der Waals surface area contributed by atoms with Gasteiger partial charge in [0.1, 0.15) is 5.76 Å². The van der Waals surface area contributed by atoms with Crippen LogP contribution in [-0.2, 0) is 11.3 Å². The second-order valence-corrected chi connectivity index (χ2v) is 6.43. The average Bonchev–Trinajstić information content (AvgIpc) is 2.70. The number of allylic oxidation sites excluding steroid dienone is 2. The fourth-order valence-electron chi connectivity index (χ4n) is 3.10. The maximum atomic E-state index is 12.5. The monoisotopic (exact) mass is 272 g/mol. The molecule has 1 N–H and O–H groups in total. The van der Waals surface area contributed by atoms with E-state index in [1.165, 1.54) is 0 Å². The van der Waals surface area contributed by atoms with E-state index < -0.39 is 0 Å². The average molecular weight is 272 g/mol. The van der Waals surface area contributed by atoms with Crippen molar-refractivity contribution in [1.29, 1.82) is 0 Å². The molecular weight excluding hydrogens is 252 g/mol. The molecule has 1 aliphatic heterocycles. The summed E-state index contributed by atoms with van der Waals surface area (Å²) >= 11 is 0. The topological polar surface area (TPSA) is 54.6 Å². The number of rotatable bonds is 1. The molecule has 106 valence electrons. The molecular formula is C16H20N2O2. The van der Waals surface area contributed by atoms with Crippen molar-refractivity contribution in [2.45, 2.75) is 39.7 Å². The minimum atomic E-state index is -0.169. The van der Waals surface area contributed by atoms with Crippen molar-refractivity contribution in [3.8, 4) is 0 Å². The zero-order valence-corrected chi connectivity index (χ0v) is 12.0. The Morgan fingerprint density at radius 2 is 2.15 bits per heavy atom. The van der Waals surface area contributed by atoms with Gasteiger partial charge in [-0.2, -0.15) is 0 Å². The van der Waals surface area contributed by atoms with Gasteiger partial charge in [-0.25, -0.2) is 0 Å². The van der Waals surface area contributed by atoms with Crippen LogP contribution in [0.1, 0.15) is 38.8 Å². The van der Waals surface area contributed by atoms with Crippen LogP contribution in [0.2, 0.25) is 0 Å². The summed E-state index contributed by atoms with van der Waals surface area (Å²) in [5.74, 6) is 0.201. The third-order valence-corrected chi connectivity index (χ3v) is 3.99. The fourth-order valence-corrected chi connectivity index (χ4v) is 3.10. The Labute approximate surface area is 118 Å². The Morgan fingerprint density at radius 1 is 1.35 bits per heavy atom. The molecule has 4 nitrogen and oxygen atoms in total. The van der Waals surface area contributed by atoms with Crippen molar-refractivity contribution in [3.05, 3.63) is 35.4 Å². The molecule has 4 heteroatoms. The molecule has 2 aliphatic rings. The van der Waals surface area contributed by atoms with Crippen molar-refractivity contribution in [2.24, 2.45) is 10.4 Å². The Balaban J connectivity index is 2.10. The van der Waals surface area contributed by atoms with Crippen LogP contribution in [0.5, 0.6) is 0 Å². The second kappa shape index (κ2) is 4.62. The molecule has 0 aromatic carbocycles. The van der Waals surface area contributed by atoms with Crippen LogP contribution in [0, 0.1) is 5.41 Å². The van der Waals surface area contributed by atoms with E-state index in [-0.39, 0.29) is 17.0 Å². The van der Waals surface area contributed by atoms with Gasteiger partial charge in [-0.15, -0.1) is 0 Å². The van der Waals surface area contributed by atoms with Crippen molar-refractivity contribution in [2.75, 3.05) is 6.54 Å². The first-order valence-electron chi connectivity index (χ1n) is 7.14. The predicted molar refractivity (Wildman–Crippen MR) is 78.1 cm³/mol. The van der Waals surface area contributed by atoms with E-state index in [4.69, 9.17) is 0 Å².